The van der Waals surface area contributed by atoms with Crippen LogP contribution in [0, 0.1) is 0 Å². The largest absolute Gasteiger partial charge is 0.388 e. The summed E-state index contributed by atoms with van der Waals surface area (Å²) < 4.78 is 58.7. The van der Waals surface area contributed by atoms with Crippen LogP contribution >= 0.6 is 11.6 Å². The standard InChI is InChI=1S/C21H16ClF4N5O2/c22-21(25,26)20(23,24)15-1-3-16(4-2-15)30-19(32)13-7-17(14-8-27-11-28-9-14)18(29-10-13)31-5-6-33-12-31/h1-4,7-11H,5-6,12H2,(H,30,32). The molecule has 172 valence electrons. The molecule has 7 nitrogen and oxygen atoms in total. The number of hydrogen-bond donors (Lipinski definition) is 1. The van der Waals surface area contributed by atoms with Crippen LogP contribution in [-0.4, -0.2) is 46.1 Å². The van der Waals surface area contributed by atoms with Crippen molar-refractivity contribution in [2.75, 3.05) is 30.1 Å². The number of benzene rings is 1. The number of nitrogens with one attached hydrogen (secondary N) is 1. The smallest absolute Gasteiger partial charge is 0.359 e. The number of alkyl halides is 5. The fraction of sp³-hybridized carbons (Fsp3) is 0.238. The minimum atomic E-state index is -4.75. The van der Waals surface area contributed by atoms with Crippen molar-refractivity contribution in [3.8, 4) is 11.1 Å². The maximum atomic E-state index is 13.7. The van der Waals surface area contributed by atoms with Crippen LogP contribution in [-0.2, 0) is 10.7 Å². The number of nitrogens with zero attached hydrogens (tertiary/aromatic N) is 4. The molecule has 1 aliphatic rings. The van der Waals surface area contributed by atoms with Crippen LogP contribution in [0.3, 0.4) is 0 Å². The Hall–Kier alpha value is -3.31. The lowest BCUT2D eigenvalue weighted by Crippen LogP contribution is -2.32. The molecule has 1 fully saturated rings. The summed E-state index contributed by atoms with van der Waals surface area (Å²) in [6, 6.07) is 5.31. The van der Waals surface area contributed by atoms with Crippen molar-refractivity contribution < 1.29 is 27.1 Å². The lowest BCUT2D eigenvalue weighted by Gasteiger charge is -2.21. The molecule has 0 radical (unpaired) electrons. The molecule has 1 aliphatic heterocycles. The molecule has 0 bridgehead atoms. The zero-order valence-electron chi connectivity index (χ0n) is 16.8. The highest BCUT2D eigenvalue weighted by molar-refractivity contribution is 6.22. The number of amides is 1. The van der Waals surface area contributed by atoms with E-state index in [0.29, 0.717) is 36.8 Å². The Kier molecular flexibility index (Phi) is 6.17. The number of halogens is 5. The van der Waals surface area contributed by atoms with Gasteiger partial charge in [-0.25, -0.2) is 15.0 Å². The van der Waals surface area contributed by atoms with Crippen molar-refractivity contribution in [2.45, 2.75) is 11.3 Å². The molecule has 0 saturated carbocycles. The van der Waals surface area contributed by atoms with Gasteiger partial charge in [-0.3, -0.25) is 4.79 Å². The van der Waals surface area contributed by atoms with E-state index in [-0.39, 0.29) is 11.3 Å². The molecule has 33 heavy (non-hydrogen) atoms. The van der Waals surface area contributed by atoms with E-state index < -0.39 is 22.8 Å². The third kappa shape index (κ3) is 4.74. The van der Waals surface area contributed by atoms with Crippen molar-refractivity contribution in [1.29, 1.82) is 0 Å². The monoisotopic (exact) mass is 481 g/mol. The number of carbonyl (C=O) groups excluding carboxylic acids is 1. The zero-order valence-corrected chi connectivity index (χ0v) is 17.6. The zero-order chi connectivity index (χ0) is 23.6. The number of hydrogen-bond acceptors (Lipinski definition) is 6. The van der Waals surface area contributed by atoms with Crippen LogP contribution in [0.2, 0.25) is 0 Å². The second kappa shape index (κ2) is 8.91. The number of anilines is 2. The van der Waals surface area contributed by atoms with Crippen molar-refractivity contribution in [2.24, 2.45) is 0 Å². The molecule has 4 rings (SSSR count). The van der Waals surface area contributed by atoms with Crippen LogP contribution in [0.15, 0.2) is 55.2 Å². The highest BCUT2D eigenvalue weighted by Gasteiger charge is 2.56. The summed E-state index contributed by atoms with van der Waals surface area (Å²) in [6.45, 7) is 1.51. The van der Waals surface area contributed by atoms with Gasteiger partial charge in [-0.15, -0.1) is 0 Å². The normalized spacial score (nSPS) is 14.4. The van der Waals surface area contributed by atoms with Crippen LogP contribution in [0.25, 0.3) is 11.1 Å². The average molecular weight is 482 g/mol. The van der Waals surface area contributed by atoms with Gasteiger partial charge in [-0.05, 0) is 29.8 Å². The number of carbonyl (C=O) groups is 1. The van der Waals surface area contributed by atoms with Gasteiger partial charge >= 0.3 is 11.3 Å². The summed E-state index contributed by atoms with van der Waals surface area (Å²) in [7, 11) is 0. The minimum Gasteiger partial charge on any atom is -0.359 e. The fourth-order valence-corrected chi connectivity index (χ4v) is 3.30. The fourth-order valence-electron chi connectivity index (χ4n) is 3.20. The SMILES string of the molecule is O=C(Nc1ccc(C(F)(F)C(F)(F)Cl)cc1)c1cnc(N2CCOC2)c(-c2cncnc2)c1. The summed E-state index contributed by atoms with van der Waals surface area (Å²) >= 11 is 4.51. The second-order valence-corrected chi connectivity index (χ2v) is 7.60. The summed E-state index contributed by atoms with van der Waals surface area (Å²) in [5, 5.41) is -2.22. The minimum absolute atomic E-state index is 0.124. The lowest BCUT2D eigenvalue weighted by molar-refractivity contribution is -0.164. The Balaban J connectivity index is 1.59. The molecule has 1 amide bonds. The number of aromatic nitrogens is 3. The molecule has 0 aliphatic carbocycles. The molecule has 12 heteroatoms. The summed E-state index contributed by atoms with van der Waals surface area (Å²) in [4.78, 5) is 27.1. The Morgan fingerprint density at radius 3 is 2.39 bits per heavy atom. The highest BCUT2D eigenvalue weighted by atomic mass is 35.5. The van der Waals surface area contributed by atoms with Crippen molar-refractivity contribution >= 4 is 29.0 Å². The Labute approximate surface area is 190 Å². The van der Waals surface area contributed by atoms with E-state index in [1.54, 1.807) is 18.5 Å². The molecule has 1 saturated heterocycles. The first-order valence-electron chi connectivity index (χ1n) is 9.61. The van der Waals surface area contributed by atoms with Crippen LogP contribution < -0.4 is 10.2 Å². The van der Waals surface area contributed by atoms with E-state index in [2.05, 4.69) is 31.9 Å². The highest BCUT2D eigenvalue weighted by Crippen LogP contribution is 2.45. The predicted molar refractivity (Wildman–Crippen MR) is 113 cm³/mol. The van der Waals surface area contributed by atoms with Crippen LogP contribution in [0.5, 0.6) is 0 Å². The number of rotatable bonds is 6. The van der Waals surface area contributed by atoms with Gasteiger partial charge in [0.2, 0.25) is 0 Å². The topological polar surface area (TPSA) is 80.2 Å². The van der Waals surface area contributed by atoms with E-state index in [9.17, 15) is 22.4 Å². The van der Waals surface area contributed by atoms with Gasteiger partial charge in [0.25, 0.3) is 5.91 Å². The molecule has 2 aromatic heterocycles. The van der Waals surface area contributed by atoms with Crippen molar-refractivity contribution in [3.63, 3.8) is 0 Å². The Morgan fingerprint density at radius 2 is 1.79 bits per heavy atom. The molecule has 1 aromatic carbocycles. The molecule has 3 aromatic rings. The molecule has 3 heterocycles. The maximum absolute atomic E-state index is 13.7. The first-order valence-corrected chi connectivity index (χ1v) is 9.99. The average Bonchev–Trinajstić information content (AvgIpc) is 3.34. The van der Waals surface area contributed by atoms with Crippen LogP contribution in [0.4, 0.5) is 29.1 Å². The molecule has 0 spiro atoms. The lowest BCUT2D eigenvalue weighted by atomic mass is 10.1. The van der Waals surface area contributed by atoms with Gasteiger partial charge < -0.3 is 15.0 Å². The molecular formula is C21H16ClF4N5O2. The van der Waals surface area contributed by atoms with Gasteiger partial charge in [-0.2, -0.15) is 17.6 Å². The third-order valence-corrected chi connectivity index (χ3v) is 5.15. The Morgan fingerprint density at radius 1 is 1.09 bits per heavy atom. The summed E-state index contributed by atoms with van der Waals surface area (Å²) in [5.74, 6) is -4.55. The second-order valence-electron chi connectivity index (χ2n) is 7.13. The van der Waals surface area contributed by atoms with E-state index in [1.807, 2.05) is 4.90 Å². The maximum Gasteiger partial charge on any atom is 0.388 e. The summed E-state index contributed by atoms with van der Waals surface area (Å²) in [6.07, 6.45) is 5.90. The van der Waals surface area contributed by atoms with E-state index >= 15 is 0 Å². The van der Waals surface area contributed by atoms with Gasteiger partial charge in [-0.1, -0.05) is 12.1 Å². The molecule has 0 unspecified atom stereocenters. The molecule has 0 atom stereocenters. The number of pyridine rings is 1. The Bertz CT molecular complexity index is 1140. The summed E-state index contributed by atoms with van der Waals surface area (Å²) in [5.41, 5.74) is 0.562. The predicted octanol–water partition coefficient (Wildman–Crippen LogP) is 4.51. The van der Waals surface area contributed by atoms with Gasteiger partial charge in [0.05, 0.1) is 12.2 Å². The first-order chi connectivity index (χ1) is 15.7. The quantitative estimate of drug-likeness (QED) is 0.412. The van der Waals surface area contributed by atoms with E-state index in [0.717, 1.165) is 24.3 Å². The number of ether oxygens (including phenoxy) is 1. The van der Waals surface area contributed by atoms with Crippen molar-refractivity contribution in [1.82, 2.24) is 15.0 Å². The van der Waals surface area contributed by atoms with Gasteiger partial charge in [0.1, 0.15) is 18.9 Å². The molecular weight excluding hydrogens is 466 g/mol. The third-order valence-electron chi connectivity index (χ3n) is 4.91. The van der Waals surface area contributed by atoms with Gasteiger partial charge in [0, 0.05) is 47.5 Å². The molecule has 1 N–H and O–H groups in total. The van der Waals surface area contributed by atoms with Gasteiger partial charge in [0.15, 0.2) is 0 Å². The van der Waals surface area contributed by atoms with E-state index in [1.165, 1.54) is 12.5 Å². The first kappa shape index (κ1) is 22.9. The van der Waals surface area contributed by atoms with Crippen LogP contribution in [0.1, 0.15) is 15.9 Å². The van der Waals surface area contributed by atoms with E-state index in [4.69, 9.17) is 4.74 Å². The van der Waals surface area contributed by atoms with Crippen molar-refractivity contribution in [3.05, 3.63) is 66.4 Å².